The average molecular weight is 346 g/mol. The summed E-state index contributed by atoms with van der Waals surface area (Å²) in [5, 5.41) is 13.3. The van der Waals surface area contributed by atoms with E-state index in [0.29, 0.717) is 6.54 Å². The maximum atomic E-state index is 11.5. The van der Waals surface area contributed by atoms with Crippen molar-refractivity contribution in [2.45, 2.75) is 12.1 Å². The van der Waals surface area contributed by atoms with Gasteiger partial charge in [0, 0.05) is 16.3 Å². The molecule has 2 aromatic carbocycles. The lowest BCUT2D eigenvalue weighted by molar-refractivity contribution is -0.656. The summed E-state index contributed by atoms with van der Waals surface area (Å²) in [7, 11) is 0. The second kappa shape index (κ2) is 5.86. The number of hydrogen-bond donors (Lipinski definition) is 1. The molecule has 118 valence electrons. The third-order valence-electron chi connectivity index (χ3n) is 4.42. The Morgan fingerprint density at radius 2 is 1.83 bits per heavy atom. The highest BCUT2D eigenvalue weighted by molar-refractivity contribution is 8.13. The van der Waals surface area contributed by atoms with Gasteiger partial charge in [-0.3, -0.25) is 0 Å². The van der Waals surface area contributed by atoms with Gasteiger partial charge < -0.3 is 5.11 Å². The van der Waals surface area contributed by atoms with E-state index in [1.54, 1.807) is 0 Å². The number of benzene rings is 2. The summed E-state index contributed by atoms with van der Waals surface area (Å²) < 4.78 is 2.14. The van der Waals surface area contributed by atoms with Gasteiger partial charge in [0.15, 0.2) is 6.54 Å². The Bertz CT molecular complexity index is 747. The van der Waals surface area contributed by atoms with Crippen LogP contribution in [0.2, 0.25) is 5.02 Å². The second-order valence-electron chi connectivity index (χ2n) is 5.88. The van der Waals surface area contributed by atoms with Crippen molar-refractivity contribution in [3.8, 4) is 0 Å². The molecule has 2 aliphatic heterocycles. The van der Waals surface area contributed by atoms with Crippen molar-refractivity contribution in [3.63, 3.8) is 0 Å². The van der Waals surface area contributed by atoms with E-state index in [2.05, 4.69) is 9.48 Å². The molecule has 0 saturated heterocycles. The molecular weight excluding hydrogens is 328 g/mol. The van der Waals surface area contributed by atoms with Gasteiger partial charge in [-0.25, -0.2) is 9.48 Å². The van der Waals surface area contributed by atoms with E-state index < -0.39 is 5.72 Å². The largest absolute Gasteiger partial charge is 0.346 e. The van der Waals surface area contributed by atoms with Crippen LogP contribution in [-0.4, -0.2) is 33.7 Å². The van der Waals surface area contributed by atoms with E-state index in [-0.39, 0.29) is 0 Å². The summed E-state index contributed by atoms with van der Waals surface area (Å²) in [6, 6.07) is 17.8. The molecule has 0 fully saturated rings. The van der Waals surface area contributed by atoms with Crippen LogP contribution in [0.25, 0.3) is 0 Å². The van der Waals surface area contributed by atoms with Gasteiger partial charge in [0.05, 0.1) is 6.54 Å². The van der Waals surface area contributed by atoms with E-state index in [1.807, 2.05) is 66.4 Å². The zero-order valence-corrected chi connectivity index (χ0v) is 14.2. The molecule has 2 heterocycles. The van der Waals surface area contributed by atoms with Gasteiger partial charge >= 0.3 is 5.17 Å². The molecule has 5 heteroatoms. The zero-order chi connectivity index (χ0) is 15.9. The highest BCUT2D eigenvalue weighted by Crippen LogP contribution is 2.37. The average Bonchev–Trinajstić information content (AvgIpc) is 2.91. The van der Waals surface area contributed by atoms with E-state index in [4.69, 9.17) is 11.6 Å². The monoisotopic (exact) mass is 345 g/mol. The van der Waals surface area contributed by atoms with Crippen LogP contribution in [0.4, 0.5) is 5.69 Å². The summed E-state index contributed by atoms with van der Waals surface area (Å²) in [4.78, 5) is 2.20. The minimum absolute atomic E-state index is 0.529. The summed E-state index contributed by atoms with van der Waals surface area (Å²) in [5.74, 6) is 1.08. The lowest BCUT2D eigenvalue weighted by Gasteiger charge is -2.24. The molecule has 2 aliphatic rings. The predicted molar refractivity (Wildman–Crippen MR) is 96.3 cm³/mol. The van der Waals surface area contributed by atoms with Gasteiger partial charge in [-0.05, 0) is 42.4 Å². The Kier molecular flexibility index (Phi) is 3.84. The summed E-state index contributed by atoms with van der Waals surface area (Å²) >= 11 is 7.83. The van der Waals surface area contributed by atoms with Crippen molar-refractivity contribution in [1.82, 2.24) is 0 Å². The number of anilines is 1. The van der Waals surface area contributed by atoms with Gasteiger partial charge in [0.25, 0.3) is 5.72 Å². The molecule has 0 aliphatic carbocycles. The van der Waals surface area contributed by atoms with E-state index >= 15 is 0 Å². The quantitative estimate of drug-likeness (QED) is 0.844. The normalized spacial score (nSPS) is 24.0. The summed E-state index contributed by atoms with van der Waals surface area (Å²) in [6.45, 7) is 1.40. The van der Waals surface area contributed by atoms with E-state index in [9.17, 15) is 5.11 Å². The molecule has 3 nitrogen and oxygen atoms in total. The predicted octanol–water partition coefficient (Wildman–Crippen LogP) is 3.51. The maximum absolute atomic E-state index is 11.5. The van der Waals surface area contributed by atoms with Gasteiger partial charge in [-0.1, -0.05) is 41.9 Å². The number of β-amino-alcohol motifs (C(OH)–C–C–N with tert-alkyl or cyclic N) is 1. The minimum atomic E-state index is -0.982. The van der Waals surface area contributed by atoms with Crippen LogP contribution in [-0.2, 0) is 5.72 Å². The van der Waals surface area contributed by atoms with Crippen molar-refractivity contribution in [1.29, 1.82) is 0 Å². The first-order chi connectivity index (χ1) is 11.2. The number of nitrogens with zero attached hydrogens (tertiary/aromatic N) is 2. The molecule has 0 amide bonds. The van der Waals surface area contributed by atoms with Crippen LogP contribution in [0.1, 0.15) is 12.0 Å². The van der Waals surface area contributed by atoms with Crippen molar-refractivity contribution >= 4 is 34.2 Å². The van der Waals surface area contributed by atoms with Gasteiger partial charge in [-0.15, -0.1) is 0 Å². The zero-order valence-electron chi connectivity index (χ0n) is 12.7. The number of aliphatic hydroxyl groups is 1. The van der Waals surface area contributed by atoms with E-state index in [0.717, 1.165) is 40.2 Å². The first-order valence-corrected chi connectivity index (χ1v) is 9.13. The second-order valence-corrected chi connectivity index (χ2v) is 7.38. The molecule has 23 heavy (non-hydrogen) atoms. The Labute approximate surface area is 145 Å². The highest BCUT2D eigenvalue weighted by atomic mass is 35.5. The van der Waals surface area contributed by atoms with E-state index in [1.165, 1.54) is 0 Å². The topological polar surface area (TPSA) is 26.5 Å². The van der Waals surface area contributed by atoms with Crippen molar-refractivity contribution in [3.05, 3.63) is 65.2 Å². The van der Waals surface area contributed by atoms with Crippen LogP contribution in [0.5, 0.6) is 0 Å². The first kappa shape index (κ1) is 15.1. The molecule has 1 unspecified atom stereocenters. The fourth-order valence-corrected chi connectivity index (χ4v) is 4.58. The number of halogens is 1. The Morgan fingerprint density at radius 3 is 2.57 bits per heavy atom. The first-order valence-electron chi connectivity index (χ1n) is 7.77. The molecular formula is C18H18ClN2OS+. The maximum Gasteiger partial charge on any atom is 0.316 e. The highest BCUT2D eigenvalue weighted by Gasteiger charge is 2.53. The van der Waals surface area contributed by atoms with Crippen LogP contribution in [0, 0.1) is 0 Å². The number of thioether (sulfide) groups is 1. The van der Waals surface area contributed by atoms with Crippen LogP contribution < -0.4 is 4.90 Å². The standard InChI is InChI=1S/C18H18ClN2OS/c19-15-7-9-16(10-8-15)20-13-18(22,14-5-2-1-3-6-14)21-11-4-12-23-17(20)21/h1-3,5-10,22H,4,11-13H2/q+1. The fourth-order valence-electron chi connectivity index (χ4n) is 3.27. The van der Waals surface area contributed by atoms with Gasteiger partial charge in [-0.2, -0.15) is 0 Å². The molecule has 2 aromatic rings. The molecule has 0 bridgehead atoms. The summed E-state index contributed by atoms with van der Waals surface area (Å²) in [5.41, 5.74) is 1.02. The Morgan fingerprint density at radius 1 is 1.09 bits per heavy atom. The van der Waals surface area contributed by atoms with Crippen LogP contribution >= 0.6 is 23.4 Å². The smallest absolute Gasteiger partial charge is 0.316 e. The van der Waals surface area contributed by atoms with Gasteiger partial charge in [0.2, 0.25) is 0 Å². The Balaban J connectivity index is 1.79. The fraction of sp³-hybridized carbons (Fsp3) is 0.278. The van der Waals surface area contributed by atoms with Crippen molar-refractivity contribution in [2.75, 3.05) is 23.7 Å². The molecule has 1 atom stereocenters. The molecule has 4 rings (SSSR count). The number of hydrogen-bond acceptors (Lipinski definition) is 3. The summed E-state index contributed by atoms with van der Waals surface area (Å²) in [6.07, 6.45) is 1.08. The molecule has 0 spiro atoms. The lowest BCUT2D eigenvalue weighted by Crippen LogP contribution is -2.41. The molecule has 1 N–H and O–H groups in total. The van der Waals surface area contributed by atoms with Crippen LogP contribution in [0.3, 0.4) is 0 Å². The minimum Gasteiger partial charge on any atom is -0.346 e. The van der Waals surface area contributed by atoms with Gasteiger partial charge in [0.1, 0.15) is 5.69 Å². The van der Waals surface area contributed by atoms with Crippen molar-refractivity contribution < 1.29 is 9.68 Å². The molecule has 0 saturated carbocycles. The number of rotatable bonds is 2. The lowest BCUT2D eigenvalue weighted by atomic mass is 10.0. The Hall–Kier alpha value is -1.49. The number of amidine groups is 1. The third-order valence-corrected chi connectivity index (χ3v) is 5.86. The molecule has 0 aromatic heterocycles. The molecule has 0 radical (unpaired) electrons. The van der Waals surface area contributed by atoms with Crippen molar-refractivity contribution in [2.24, 2.45) is 0 Å². The van der Waals surface area contributed by atoms with Crippen LogP contribution in [0.15, 0.2) is 54.6 Å². The SMILES string of the molecule is OC1(c2ccccc2)CN(c2ccc(Cl)cc2)C2=[N+]1CCCS2. The third kappa shape index (κ3) is 2.55.